The molecule has 0 aliphatic rings. The number of aromatic nitrogens is 3. The van der Waals surface area contributed by atoms with Crippen LogP contribution in [-0.4, -0.2) is 27.6 Å². The van der Waals surface area contributed by atoms with E-state index in [1.807, 2.05) is 53.1 Å². The summed E-state index contributed by atoms with van der Waals surface area (Å²) in [4.78, 5) is 20.4. The zero-order valence-electron chi connectivity index (χ0n) is 12.1. The normalized spacial score (nSPS) is 10.4. The van der Waals surface area contributed by atoms with Crippen LogP contribution >= 0.6 is 0 Å². The number of hydrogen-bond acceptors (Lipinski definition) is 4. The predicted octanol–water partition coefficient (Wildman–Crippen LogP) is 2.78. The molecule has 0 aliphatic heterocycles. The molecule has 5 nitrogen and oxygen atoms in total. The summed E-state index contributed by atoms with van der Waals surface area (Å²) in [5, 5.41) is 0. The topological polar surface area (TPSA) is 57.0 Å². The molecule has 0 unspecified atom stereocenters. The number of nitrogens with zero attached hydrogens (tertiary/aromatic N) is 3. The van der Waals surface area contributed by atoms with Gasteiger partial charge in [0.1, 0.15) is 5.69 Å². The first-order chi connectivity index (χ1) is 10.8. The van der Waals surface area contributed by atoms with E-state index in [1.165, 1.54) is 7.11 Å². The summed E-state index contributed by atoms with van der Waals surface area (Å²) in [5.74, 6) is 0.189. The second-order valence-corrected chi connectivity index (χ2v) is 4.77. The van der Waals surface area contributed by atoms with Gasteiger partial charge in [0.05, 0.1) is 7.11 Å². The summed E-state index contributed by atoms with van der Waals surface area (Å²) in [7, 11) is 1.35. The average molecular weight is 293 g/mol. The van der Waals surface area contributed by atoms with Crippen LogP contribution in [0.3, 0.4) is 0 Å². The van der Waals surface area contributed by atoms with Gasteiger partial charge in [-0.15, -0.1) is 0 Å². The second kappa shape index (κ2) is 6.22. The van der Waals surface area contributed by atoms with Crippen LogP contribution in [0.15, 0.2) is 60.9 Å². The average Bonchev–Trinajstić information content (AvgIpc) is 3.00. The Balaban J connectivity index is 2.03. The number of esters is 1. The molecule has 0 amide bonds. The Morgan fingerprint density at radius 1 is 1.14 bits per heavy atom. The van der Waals surface area contributed by atoms with E-state index in [0.29, 0.717) is 18.1 Å². The number of carbonyl (C=O) groups excluding carboxylic acids is 1. The van der Waals surface area contributed by atoms with Gasteiger partial charge >= 0.3 is 5.97 Å². The lowest BCUT2D eigenvalue weighted by molar-refractivity contribution is 0.0594. The lowest BCUT2D eigenvalue weighted by Crippen LogP contribution is -2.02. The Morgan fingerprint density at radius 2 is 1.91 bits per heavy atom. The molecule has 5 heteroatoms. The van der Waals surface area contributed by atoms with Crippen molar-refractivity contribution in [2.75, 3.05) is 7.11 Å². The number of carbonyl (C=O) groups is 1. The molecule has 2 heterocycles. The lowest BCUT2D eigenvalue weighted by atomic mass is 10.2. The molecule has 0 atom stereocenters. The minimum absolute atomic E-state index is 0.277. The van der Waals surface area contributed by atoms with E-state index in [2.05, 4.69) is 9.97 Å². The van der Waals surface area contributed by atoms with Gasteiger partial charge in [0.2, 0.25) is 0 Å². The summed E-state index contributed by atoms with van der Waals surface area (Å²) in [5.41, 5.74) is 2.11. The van der Waals surface area contributed by atoms with Gasteiger partial charge in [-0.25, -0.2) is 9.78 Å². The standard InChI is InChI=1S/C17H15N3O2/c1-22-17(21)15-12-20(11-13-7-3-2-4-8-13)16(19-15)14-9-5-6-10-18-14/h2-10,12H,11H2,1H3. The third-order valence-electron chi connectivity index (χ3n) is 3.26. The molecule has 0 radical (unpaired) electrons. The minimum atomic E-state index is -0.455. The smallest absolute Gasteiger partial charge is 0.358 e. The van der Waals surface area contributed by atoms with Gasteiger partial charge in [-0.2, -0.15) is 0 Å². The number of methoxy groups -OCH3 is 1. The van der Waals surface area contributed by atoms with Gasteiger partial charge in [0, 0.05) is 18.9 Å². The highest BCUT2D eigenvalue weighted by Gasteiger charge is 2.16. The Bertz CT molecular complexity index is 767. The summed E-state index contributed by atoms with van der Waals surface area (Å²) in [6, 6.07) is 15.6. The van der Waals surface area contributed by atoms with Crippen molar-refractivity contribution in [2.24, 2.45) is 0 Å². The Labute approximate surface area is 128 Å². The molecular weight excluding hydrogens is 278 g/mol. The van der Waals surface area contributed by atoms with Crippen molar-refractivity contribution in [1.29, 1.82) is 0 Å². The van der Waals surface area contributed by atoms with Crippen molar-refractivity contribution >= 4 is 5.97 Å². The maximum atomic E-state index is 11.7. The van der Waals surface area contributed by atoms with E-state index in [4.69, 9.17) is 4.74 Å². The van der Waals surface area contributed by atoms with E-state index in [-0.39, 0.29) is 5.69 Å². The van der Waals surface area contributed by atoms with Gasteiger partial charge in [-0.3, -0.25) is 4.98 Å². The van der Waals surface area contributed by atoms with Gasteiger partial charge < -0.3 is 9.30 Å². The van der Waals surface area contributed by atoms with E-state index in [9.17, 15) is 4.79 Å². The fraction of sp³-hybridized carbons (Fsp3) is 0.118. The Kier molecular flexibility index (Phi) is 3.96. The van der Waals surface area contributed by atoms with Gasteiger partial charge in [-0.05, 0) is 17.7 Å². The molecular formula is C17H15N3O2. The SMILES string of the molecule is COC(=O)c1cn(Cc2ccccc2)c(-c2ccccn2)n1. The number of rotatable bonds is 4. The monoisotopic (exact) mass is 293 g/mol. The van der Waals surface area contributed by atoms with Crippen LogP contribution in [0.5, 0.6) is 0 Å². The van der Waals surface area contributed by atoms with Crippen LogP contribution < -0.4 is 0 Å². The zero-order valence-corrected chi connectivity index (χ0v) is 12.1. The highest BCUT2D eigenvalue weighted by atomic mass is 16.5. The van der Waals surface area contributed by atoms with Crippen LogP contribution in [0, 0.1) is 0 Å². The predicted molar refractivity (Wildman–Crippen MR) is 82.3 cm³/mol. The summed E-state index contributed by atoms with van der Waals surface area (Å²) in [6.45, 7) is 0.608. The van der Waals surface area contributed by atoms with Crippen molar-refractivity contribution in [3.05, 3.63) is 72.2 Å². The third kappa shape index (κ3) is 2.88. The van der Waals surface area contributed by atoms with Crippen LogP contribution in [0.4, 0.5) is 0 Å². The van der Waals surface area contributed by atoms with Gasteiger partial charge in [0.15, 0.2) is 11.5 Å². The number of hydrogen-bond donors (Lipinski definition) is 0. The van der Waals surface area contributed by atoms with E-state index in [0.717, 1.165) is 5.56 Å². The van der Waals surface area contributed by atoms with Gasteiger partial charge in [-0.1, -0.05) is 36.4 Å². The van der Waals surface area contributed by atoms with Crippen LogP contribution in [-0.2, 0) is 11.3 Å². The molecule has 0 saturated heterocycles. The van der Waals surface area contributed by atoms with Crippen molar-refractivity contribution in [2.45, 2.75) is 6.54 Å². The fourth-order valence-corrected chi connectivity index (χ4v) is 2.22. The van der Waals surface area contributed by atoms with E-state index >= 15 is 0 Å². The molecule has 22 heavy (non-hydrogen) atoms. The summed E-state index contributed by atoms with van der Waals surface area (Å²) < 4.78 is 6.66. The van der Waals surface area contributed by atoms with E-state index in [1.54, 1.807) is 12.4 Å². The quantitative estimate of drug-likeness (QED) is 0.694. The molecule has 2 aromatic heterocycles. The number of ether oxygens (including phenoxy) is 1. The fourth-order valence-electron chi connectivity index (χ4n) is 2.22. The van der Waals surface area contributed by atoms with Gasteiger partial charge in [0.25, 0.3) is 0 Å². The Hall–Kier alpha value is -2.95. The lowest BCUT2D eigenvalue weighted by Gasteiger charge is -2.07. The molecule has 0 fully saturated rings. The maximum Gasteiger partial charge on any atom is 0.358 e. The largest absolute Gasteiger partial charge is 0.464 e. The molecule has 0 N–H and O–H groups in total. The highest BCUT2D eigenvalue weighted by molar-refractivity contribution is 5.87. The first kappa shape index (κ1) is 14.0. The number of benzene rings is 1. The molecule has 0 aliphatic carbocycles. The highest BCUT2D eigenvalue weighted by Crippen LogP contribution is 2.18. The van der Waals surface area contributed by atoms with Crippen LogP contribution in [0.2, 0.25) is 0 Å². The summed E-state index contributed by atoms with van der Waals surface area (Å²) in [6.07, 6.45) is 3.40. The molecule has 3 rings (SSSR count). The number of imidazole rings is 1. The van der Waals surface area contributed by atoms with Crippen molar-refractivity contribution < 1.29 is 9.53 Å². The van der Waals surface area contributed by atoms with Crippen molar-refractivity contribution in [1.82, 2.24) is 14.5 Å². The van der Waals surface area contributed by atoms with Crippen LogP contribution in [0.1, 0.15) is 16.1 Å². The summed E-state index contributed by atoms with van der Waals surface area (Å²) >= 11 is 0. The Morgan fingerprint density at radius 3 is 2.59 bits per heavy atom. The first-order valence-electron chi connectivity index (χ1n) is 6.89. The first-order valence-corrected chi connectivity index (χ1v) is 6.89. The number of pyridine rings is 1. The molecule has 3 aromatic rings. The zero-order chi connectivity index (χ0) is 15.4. The molecule has 0 bridgehead atoms. The molecule has 0 spiro atoms. The third-order valence-corrected chi connectivity index (χ3v) is 3.26. The molecule has 110 valence electrons. The van der Waals surface area contributed by atoms with Crippen LogP contribution in [0.25, 0.3) is 11.5 Å². The molecule has 0 saturated carbocycles. The minimum Gasteiger partial charge on any atom is -0.464 e. The molecule has 1 aromatic carbocycles. The van der Waals surface area contributed by atoms with E-state index < -0.39 is 5.97 Å². The van der Waals surface area contributed by atoms with Crippen molar-refractivity contribution in [3.63, 3.8) is 0 Å². The second-order valence-electron chi connectivity index (χ2n) is 4.77. The maximum absolute atomic E-state index is 11.7. The van der Waals surface area contributed by atoms with Crippen molar-refractivity contribution in [3.8, 4) is 11.5 Å².